The van der Waals surface area contributed by atoms with Gasteiger partial charge in [-0.15, -0.1) is 0 Å². The molecule has 0 amide bonds. The lowest BCUT2D eigenvalue weighted by atomic mass is 9.93. The van der Waals surface area contributed by atoms with Crippen molar-refractivity contribution in [2.24, 2.45) is 0 Å². The lowest BCUT2D eigenvalue weighted by Crippen LogP contribution is -2.22. The van der Waals surface area contributed by atoms with E-state index < -0.39 is 17.7 Å². The van der Waals surface area contributed by atoms with E-state index in [0.29, 0.717) is 48.7 Å². The lowest BCUT2D eigenvalue weighted by molar-refractivity contribution is -0.143. The number of carbonyl (C=O) groups is 2. The number of methoxy groups -OCH3 is 1. The van der Waals surface area contributed by atoms with Crippen molar-refractivity contribution in [3.8, 4) is 11.5 Å². The zero-order chi connectivity index (χ0) is 21.0. The van der Waals surface area contributed by atoms with Gasteiger partial charge in [0.1, 0.15) is 23.1 Å². The molecule has 2 aliphatic heterocycles. The van der Waals surface area contributed by atoms with Crippen LogP contribution in [0.25, 0.3) is 0 Å². The van der Waals surface area contributed by atoms with Crippen LogP contribution >= 0.6 is 0 Å². The molecule has 29 heavy (non-hydrogen) atoms. The van der Waals surface area contributed by atoms with Crippen molar-refractivity contribution in [2.75, 3.05) is 20.3 Å². The van der Waals surface area contributed by atoms with E-state index in [1.165, 1.54) is 37.4 Å². The molecule has 2 unspecified atom stereocenters. The van der Waals surface area contributed by atoms with Gasteiger partial charge in [-0.05, 0) is 25.0 Å². The van der Waals surface area contributed by atoms with Crippen LogP contribution in [-0.4, -0.2) is 37.4 Å². The fraction of sp³-hybridized carbons (Fsp3) is 0.333. The third-order valence-electron chi connectivity index (χ3n) is 4.81. The predicted octanol–water partition coefficient (Wildman–Crippen LogP) is 3.64. The van der Waals surface area contributed by atoms with E-state index in [1.54, 1.807) is 6.07 Å². The van der Waals surface area contributed by atoms with Crippen molar-refractivity contribution in [1.29, 1.82) is 0 Å². The monoisotopic (exact) mass is 406 g/mol. The first-order valence-electron chi connectivity index (χ1n) is 9.06. The second kappa shape index (κ2) is 8.89. The van der Waals surface area contributed by atoms with Crippen molar-refractivity contribution in [1.82, 2.24) is 0 Å². The summed E-state index contributed by atoms with van der Waals surface area (Å²) in [5.41, 5.74) is 1.26. The summed E-state index contributed by atoms with van der Waals surface area (Å²) in [4.78, 5) is 22.3. The minimum Gasteiger partial charge on any atom is -0.493 e. The molecule has 2 aliphatic rings. The van der Waals surface area contributed by atoms with Crippen LogP contribution in [0.1, 0.15) is 35.8 Å². The second-order valence-electron chi connectivity index (χ2n) is 6.61. The Kier molecular flexibility index (Phi) is 6.31. The van der Waals surface area contributed by atoms with Gasteiger partial charge in [0.15, 0.2) is 0 Å². The minimum absolute atomic E-state index is 0.300. The highest BCUT2D eigenvalue weighted by Crippen LogP contribution is 2.35. The summed E-state index contributed by atoms with van der Waals surface area (Å²) in [6, 6.07) is 8.15. The van der Waals surface area contributed by atoms with E-state index in [1.807, 2.05) is 0 Å². The van der Waals surface area contributed by atoms with Crippen LogP contribution in [0.5, 0.6) is 11.5 Å². The van der Waals surface area contributed by atoms with Crippen molar-refractivity contribution in [3.63, 3.8) is 0 Å². The first kappa shape index (κ1) is 20.6. The fourth-order valence-corrected chi connectivity index (χ4v) is 3.37. The Morgan fingerprint density at radius 1 is 0.931 bits per heavy atom. The summed E-state index contributed by atoms with van der Waals surface area (Å²) in [7, 11) is 1.35. The van der Waals surface area contributed by atoms with Gasteiger partial charge in [0, 0.05) is 23.3 Å². The zero-order valence-electron chi connectivity index (χ0n) is 15.7. The molecule has 4 rings (SSSR count). The third kappa shape index (κ3) is 4.64. The highest BCUT2D eigenvalue weighted by Gasteiger charge is 2.29. The van der Waals surface area contributed by atoms with Gasteiger partial charge in [-0.3, -0.25) is 9.59 Å². The number of hydrogen-bond donors (Lipinski definition) is 1. The molecule has 2 atom stereocenters. The molecular formula is C21H20F2O6. The molecule has 0 aliphatic carbocycles. The standard InChI is InChI=1S/C11H11FO3.C10H9FO3/c1-14-11(13)9-4-5-15-10-6-7(12)2-3-8(9)10;11-6-1-2-7-8(10(12)13)3-4-14-9(7)5-6/h2-3,6,9H,4-5H2,1H3;1-2,5,8H,3-4H2,(H,12,13). The number of fused-ring (bicyclic) bond motifs is 2. The van der Waals surface area contributed by atoms with Crippen LogP contribution in [-0.2, 0) is 14.3 Å². The maximum absolute atomic E-state index is 12.9. The molecule has 0 fully saturated rings. The molecule has 0 bridgehead atoms. The highest BCUT2D eigenvalue weighted by atomic mass is 19.1. The molecule has 2 heterocycles. The summed E-state index contributed by atoms with van der Waals surface area (Å²) < 4.78 is 40.9. The minimum atomic E-state index is -0.888. The molecule has 2 aromatic rings. The summed E-state index contributed by atoms with van der Waals surface area (Å²) in [5, 5.41) is 8.91. The molecule has 1 N–H and O–H groups in total. The topological polar surface area (TPSA) is 82.1 Å². The summed E-state index contributed by atoms with van der Waals surface area (Å²) in [6.07, 6.45) is 1.01. The van der Waals surface area contributed by atoms with Gasteiger partial charge in [-0.25, -0.2) is 8.78 Å². The van der Waals surface area contributed by atoms with Crippen molar-refractivity contribution < 1.29 is 37.7 Å². The molecule has 0 spiro atoms. The second-order valence-corrected chi connectivity index (χ2v) is 6.61. The summed E-state index contributed by atoms with van der Waals surface area (Å²) in [6.45, 7) is 0.740. The van der Waals surface area contributed by atoms with Gasteiger partial charge in [-0.1, -0.05) is 12.1 Å². The molecule has 0 saturated carbocycles. The smallest absolute Gasteiger partial charge is 0.313 e. The number of ether oxygens (including phenoxy) is 3. The average molecular weight is 406 g/mol. The van der Waals surface area contributed by atoms with E-state index in [2.05, 4.69) is 4.74 Å². The number of benzene rings is 2. The van der Waals surface area contributed by atoms with Crippen LogP contribution < -0.4 is 9.47 Å². The number of aliphatic carboxylic acids is 1. The number of hydrogen-bond acceptors (Lipinski definition) is 5. The van der Waals surface area contributed by atoms with E-state index in [9.17, 15) is 18.4 Å². The Labute approximate surface area is 166 Å². The van der Waals surface area contributed by atoms with Gasteiger partial charge in [0.05, 0.1) is 32.2 Å². The van der Waals surface area contributed by atoms with Gasteiger partial charge in [-0.2, -0.15) is 0 Å². The van der Waals surface area contributed by atoms with Crippen molar-refractivity contribution in [2.45, 2.75) is 24.7 Å². The highest BCUT2D eigenvalue weighted by molar-refractivity contribution is 5.79. The number of esters is 1. The largest absolute Gasteiger partial charge is 0.493 e. The van der Waals surface area contributed by atoms with E-state index in [0.717, 1.165) is 0 Å². The van der Waals surface area contributed by atoms with Gasteiger partial charge in [0.25, 0.3) is 0 Å². The van der Waals surface area contributed by atoms with Crippen molar-refractivity contribution in [3.05, 3.63) is 59.2 Å². The van der Waals surface area contributed by atoms with Crippen molar-refractivity contribution >= 4 is 11.9 Å². The maximum Gasteiger partial charge on any atom is 0.313 e. The Hall–Kier alpha value is -3.16. The molecule has 0 aromatic heterocycles. The number of carboxylic acids is 1. The Balaban J connectivity index is 0.000000166. The Morgan fingerprint density at radius 3 is 1.90 bits per heavy atom. The molecule has 154 valence electrons. The van der Waals surface area contributed by atoms with Crippen LogP contribution in [0, 0.1) is 11.6 Å². The number of carboxylic acid groups (broad SMARTS) is 1. The van der Waals surface area contributed by atoms with Gasteiger partial charge >= 0.3 is 11.9 Å². The maximum atomic E-state index is 12.9. The van der Waals surface area contributed by atoms with Crippen LogP contribution in [0.4, 0.5) is 8.78 Å². The van der Waals surface area contributed by atoms with Crippen LogP contribution in [0.3, 0.4) is 0 Å². The third-order valence-corrected chi connectivity index (χ3v) is 4.81. The van der Waals surface area contributed by atoms with Crippen LogP contribution in [0.2, 0.25) is 0 Å². The average Bonchev–Trinajstić information content (AvgIpc) is 2.72. The summed E-state index contributed by atoms with van der Waals surface area (Å²) >= 11 is 0. The molecule has 8 heteroatoms. The zero-order valence-corrected chi connectivity index (χ0v) is 15.7. The van der Waals surface area contributed by atoms with E-state index in [-0.39, 0.29) is 17.7 Å². The van der Waals surface area contributed by atoms with Gasteiger partial charge < -0.3 is 19.3 Å². The summed E-state index contributed by atoms with van der Waals surface area (Å²) in [5.74, 6) is -2.07. The number of halogens is 2. The first-order chi connectivity index (χ1) is 13.9. The first-order valence-corrected chi connectivity index (χ1v) is 9.06. The normalized spacial score (nSPS) is 19.3. The van der Waals surface area contributed by atoms with E-state index in [4.69, 9.17) is 14.6 Å². The molecule has 0 saturated heterocycles. The molecule has 2 aromatic carbocycles. The molecular weight excluding hydrogens is 386 g/mol. The van der Waals surface area contributed by atoms with E-state index >= 15 is 0 Å². The van der Waals surface area contributed by atoms with Gasteiger partial charge in [0.2, 0.25) is 0 Å². The Morgan fingerprint density at radius 2 is 1.41 bits per heavy atom. The quantitative estimate of drug-likeness (QED) is 0.767. The predicted molar refractivity (Wildman–Crippen MR) is 98.2 cm³/mol. The SMILES string of the molecule is COC(=O)C1CCOc2cc(F)ccc21.O=C(O)C1CCOc2cc(F)ccc21. The molecule has 0 radical (unpaired) electrons. The lowest BCUT2D eigenvalue weighted by Gasteiger charge is -2.23. The fourth-order valence-electron chi connectivity index (χ4n) is 3.37. The number of carbonyl (C=O) groups excluding carboxylic acids is 1. The number of rotatable bonds is 2. The molecule has 6 nitrogen and oxygen atoms in total. The van der Waals surface area contributed by atoms with Crippen LogP contribution in [0.15, 0.2) is 36.4 Å². The Bertz CT molecular complexity index is 914.